The van der Waals surface area contributed by atoms with Gasteiger partial charge in [-0.2, -0.15) is 0 Å². The molecule has 4 rings (SSSR count). The van der Waals surface area contributed by atoms with E-state index in [2.05, 4.69) is 86.3 Å². The number of halogens is 1. The molecule has 0 saturated heterocycles. The predicted octanol–water partition coefficient (Wildman–Crippen LogP) is 5.15. The maximum absolute atomic E-state index is 2.40. The van der Waals surface area contributed by atoms with E-state index < -0.39 is 0 Å². The van der Waals surface area contributed by atoms with Gasteiger partial charge in [-0.25, -0.2) is 0 Å². The Balaban J connectivity index is 2.39. The summed E-state index contributed by atoms with van der Waals surface area (Å²) in [6, 6.07) is 21.6. The molecule has 2 heteroatoms. The number of aromatic nitrogens is 1. The van der Waals surface area contributed by atoms with Crippen LogP contribution in [0.4, 0.5) is 0 Å². The quantitative estimate of drug-likeness (QED) is 0.389. The summed E-state index contributed by atoms with van der Waals surface area (Å²) in [5.41, 5.74) is 2.60. The molecular weight excluding hydrogens is 333 g/mol. The number of rotatable bonds is 0. The SMILES string of the molecule is In1c2ccccc2c2ccc3ccccc3c21. The molecule has 3 aromatic carbocycles. The van der Waals surface area contributed by atoms with E-state index in [0.29, 0.717) is 0 Å². The van der Waals surface area contributed by atoms with Gasteiger partial charge in [-0.05, 0) is 11.5 Å². The number of benzene rings is 3. The number of fused-ring (bicyclic) bond motifs is 5. The van der Waals surface area contributed by atoms with Gasteiger partial charge < -0.3 is 0 Å². The van der Waals surface area contributed by atoms with Crippen LogP contribution in [0.3, 0.4) is 0 Å². The third kappa shape index (κ3) is 1.27. The van der Waals surface area contributed by atoms with Crippen molar-refractivity contribution in [2.75, 3.05) is 0 Å². The number of para-hydroxylation sites is 1. The van der Waals surface area contributed by atoms with Gasteiger partial charge in [0.25, 0.3) is 0 Å². The van der Waals surface area contributed by atoms with E-state index in [4.69, 9.17) is 0 Å². The summed E-state index contributed by atoms with van der Waals surface area (Å²) in [6.07, 6.45) is 0. The summed E-state index contributed by atoms with van der Waals surface area (Å²) >= 11 is 2.40. The molecule has 18 heavy (non-hydrogen) atoms. The molecule has 0 unspecified atom stereocenters. The zero-order chi connectivity index (χ0) is 12.1. The lowest BCUT2D eigenvalue weighted by atomic mass is 10.1. The molecule has 4 aromatic rings. The summed E-state index contributed by atoms with van der Waals surface area (Å²) in [5, 5.41) is 5.28. The van der Waals surface area contributed by atoms with E-state index in [1.165, 1.54) is 32.6 Å². The Kier molecular flexibility index (Phi) is 2.14. The summed E-state index contributed by atoms with van der Waals surface area (Å²) in [6.45, 7) is 0. The third-order valence-electron chi connectivity index (χ3n) is 3.50. The first kappa shape index (κ1) is 10.4. The highest BCUT2D eigenvalue weighted by Gasteiger charge is 2.10. The van der Waals surface area contributed by atoms with Gasteiger partial charge in [-0.1, -0.05) is 54.6 Å². The maximum Gasteiger partial charge on any atom is 0.0668 e. The predicted molar refractivity (Wildman–Crippen MR) is 86.4 cm³/mol. The van der Waals surface area contributed by atoms with Crippen molar-refractivity contribution >= 4 is 55.4 Å². The van der Waals surface area contributed by atoms with E-state index >= 15 is 0 Å². The molecule has 1 aromatic heterocycles. The molecule has 0 bridgehead atoms. The third-order valence-corrected chi connectivity index (χ3v) is 4.50. The molecule has 0 aliphatic heterocycles. The van der Waals surface area contributed by atoms with Crippen LogP contribution in [0.15, 0.2) is 60.7 Å². The van der Waals surface area contributed by atoms with Crippen molar-refractivity contribution in [2.24, 2.45) is 0 Å². The summed E-state index contributed by atoms with van der Waals surface area (Å²) < 4.78 is 2.27. The smallest absolute Gasteiger partial charge is 0.0668 e. The van der Waals surface area contributed by atoms with Crippen LogP contribution in [-0.4, -0.2) is 2.78 Å². The Morgan fingerprint density at radius 3 is 2.28 bits per heavy atom. The average molecular weight is 343 g/mol. The maximum atomic E-state index is 2.40. The fourth-order valence-corrected chi connectivity index (χ4v) is 3.62. The molecule has 0 saturated carbocycles. The molecule has 0 amide bonds. The van der Waals surface area contributed by atoms with Crippen LogP contribution in [0.25, 0.3) is 32.6 Å². The van der Waals surface area contributed by atoms with Gasteiger partial charge in [0.2, 0.25) is 0 Å². The first-order chi connectivity index (χ1) is 8.86. The zero-order valence-corrected chi connectivity index (χ0v) is 11.8. The van der Waals surface area contributed by atoms with Crippen molar-refractivity contribution < 1.29 is 0 Å². The summed E-state index contributed by atoms with van der Waals surface area (Å²) in [4.78, 5) is 0. The Morgan fingerprint density at radius 1 is 0.667 bits per heavy atom. The zero-order valence-electron chi connectivity index (χ0n) is 9.60. The molecule has 0 radical (unpaired) electrons. The fraction of sp³-hybridized carbons (Fsp3) is 0. The number of hydrogen-bond acceptors (Lipinski definition) is 0. The minimum atomic E-state index is 1.28. The minimum Gasteiger partial charge on any atom is -0.281 e. The molecule has 0 atom stereocenters. The van der Waals surface area contributed by atoms with E-state index in [1.807, 2.05) is 0 Å². The highest BCUT2D eigenvalue weighted by atomic mass is 127. The minimum absolute atomic E-state index is 1.28. The van der Waals surface area contributed by atoms with Crippen LogP contribution < -0.4 is 0 Å². The van der Waals surface area contributed by atoms with Crippen LogP contribution in [0.2, 0.25) is 0 Å². The average Bonchev–Trinajstić information content (AvgIpc) is 2.73. The highest BCUT2D eigenvalue weighted by Crippen LogP contribution is 2.35. The van der Waals surface area contributed by atoms with Crippen molar-refractivity contribution in [2.45, 2.75) is 0 Å². The Labute approximate surface area is 119 Å². The van der Waals surface area contributed by atoms with Crippen LogP contribution in [0, 0.1) is 0 Å². The molecule has 86 valence electrons. The second-order valence-electron chi connectivity index (χ2n) is 4.48. The Morgan fingerprint density at radius 2 is 1.39 bits per heavy atom. The highest BCUT2D eigenvalue weighted by molar-refractivity contribution is 14.1. The Hall–Kier alpha value is -1.55. The Bertz CT molecular complexity index is 889. The van der Waals surface area contributed by atoms with E-state index in [-0.39, 0.29) is 0 Å². The number of nitrogens with zero attached hydrogens (tertiary/aromatic N) is 1. The second-order valence-corrected chi connectivity index (χ2v) is 5.45. The van der Waals surface area contributed by atoms with Crippen LogP contribution in [0.1, 0.15) is 0 Å². The molecule has 1 heterocycles. The summed E-state index contributed by atoms with van der Waals surface area (Å²) in [5.74, 6) is 0. The van der Waals surface area contributed by atoms with Gasteiger partial charge in [-0.15, -0.1) is 0 Å². The van der Waals surface area contributed by atoms with Crippen LogP contribution >= 0.6 is 22.9 Å². The lowest BCUT2D eigenvalue weighted by molar-refractivity contribution is 1.51. The van der Waals surface area contributed by atoms with Gasteiger partial charge in [0, 0.05) is 16.2 Å². The van der Waals surface area contributed by atoms with Gasteiger partial charge >= 0.3 is 0 Å². The van der Waals surface area contributed by atoms with Crippen LogP contribution in [0.5, 0.6) is 0 Å². The van der Waals surface area contributed by atoms with Gasteiger partial charge in [0.15, 0.2) is 0 Å². The van der Waals surface area contributed by atoms with Crippen LogP contribution in [-0.2, 0) is 0 Å². The molecule has 0 aliphatic rings. The molecule has 1 nitrogen and oxygen atoms in total. The molecular formula is C16H10IN. The summed E-state index contributed by atoms with van der Waals surface area (Å²) in [7, 11) is 0. The van der Waals surface area contributed by atoms with Gasteiger partial charge in [-0.3, -0.25) is 2.78 Å². The van der Waals surface area contributed by atoms with E-state index in [1.54, 1.807) is 0 Å². The normalized spacial score (nSPS) is 11.6. The first-order valence-corrected chi connectivity index (χ1v) is 6.90. The van der Waals surface area contributed by atoms with Crippen molar-refractivity contribution in [3.63, 3.8) is 0 Å². The van der Waals surface area contributed by atoms with E-state index in [9.17, 15) is 0 Å². The van der Waals surface area contributed by atoms with Gasteiger partial charge in [0.1, 0.15) is 0 Å². The van der Waals surface area contributed by atoms with Crippen molar-refractivity contribution in [1.82, 2.24) is 2.78 Å². The monoisotopic (exact) mass is 343 g/mol. The molecule has 0 fully saturated rings. The standard InChI is InChI=1S/C16H10IN/c17-18-15-8-4-3-7-13(15)14-10-9-11-5-1-2-6-12(11)16(14)18/h1-10H. The van der Waals surface area contributed by atoms with Crippen molar-refractivity contribution in [3.8, 4) is 0 Å². The number of hydrogen-bond donors (Lipinski definition) is 0. The molecule has 0 N–H and O–H groups in total. The van der Waals surface area contributed by atoms with Crippen molar-refractivity contribution in [3.05, 3.63) is 60.7 Å². The second kappa shape index (κ2) is 3.72. The molecule has 0 spiro atoms. The lowest BCUT2D eigenvalue weighted by Crippen LogP contribution is -1.80. The van der Waals surface area contributed by atoms with Crippen molar-refractivity contribution in [1.29, 1.82) is 0 Å². The topological polar surface area (TPSA) is 4.93 Å². The molecule has 0 aliphatic carbocycles. The lowest BCUT2D eigenvalue weighted by Gasteiger charge is -2.01. The van der Waals surface area contributed by atoms with E-state index in [0.717, 1.165) is 0 Å². The van der Waals surface area contributed by atoms with Gasteiger partial charge in [0.05, 0.1) is 33.9 Å². The fourth-order valence-electron chi connectivity index (χ4n) is 2.68. The first-order valence-electron chi connectivity index (χ1n) is 5.93. The largest absolute Gasteiger partial charge is 0.281 e.